The number of carbonyl (C=O) groups is 2. The van der Waals surface area contributed by atoms with Crippen molar-refractivity contribution in [3.8, 4) is 0 Å². The molecule has 0 aromatic heterocycles. The molecule has 2 aliphatic heterocycles. The second-order valence-electron chi connectivity index (χ2n) is 5.79. The van der Waals surface area contributed by atoms with Crippen LogP contribution in [-0.4, -0.2) is 57.3 Å². The molecule has 2 saturated heterocycles. The molecule has 2 unspecified atom stereocenters. The lowest BCUT2D eigenvalue weighted by atomic mass is 10.2. The first-order valence-electron chi connectivity index (χ1n) is 7.35. The monoisotopic (exact) mass is 299 g/mol. The number of thioether (sulfide) groups is 1. The minimum atomic E-state index is -0.894. The fourth-order valence-corrected chi connectivity index (χ4v) is 4.55. The number of hydrogen-bond donors (Lipinski definition) is 2. The molecule has 3 rings (SSSR count). The smallest absolute Gasteiger partial charge is 0.333 e. The number of nitrogens with one attached hydrogen (secondary N) is 1. The quantitative estimate of drug-likeness (QED) is 0.822. The lowest BCUT2D eigenvalue weighted by molar-refractivity contribution is -0.141. The topological polar surface area (TPSA) is 72.9 Å². The van der Waals surface area contributed by atoms with Crippen molar-refractivity contribution in [1.29, 1.82) is 0 Å². The van der Waals surface area contributed by atoms with Gasteiger partial charge in [0.15, 0.2) is 0 Å². The average Bonchev–Trinajstić information content (AvgIpc) is 3.17. The lowest BCUT2D eigenvalue weighted by Crippen LogP contribution is -2.56. The summed E-state index contributed by atoms with van der Waals surface area (Å²) in [6.07, 6.45) is 5.59. The molecular formula is C13H21N3O3S. The number of carboxylic acids is 1. The SMILES string of the molecule is O=C(O)C1CSC(C2CC2)N1C(=O)NN1CCCCC1. The molecule has 1 aliphatic carbocycles. The summed E-state index contributed by atoms with van der Waals surface area (Å²) in [5, 5.41) is 11.3. The first kappa shape index (κ1) is 14.0. The van der Waals surface area contributed by atoms with Crippen molar-refractivity contribution in [2.45, 2.75) is 43.5 Å². The maximum atomic E-state index is 12.5. The van der Waals surface area contributed by atoms with Crippen LogP contribution in [0.1, 0.15) is 32.1 Å². The molecule has 0 bridgehead atoms. The zero-order valence-corrected chi connectivity index (χ0v) is 12.3. The highest BCUT2D eigenvalue weighted by Crippen LogP contribution is 2.45. The molecule has 6 nitrogen and oxygen atoms in total. The van der Waals surface area contributed by atoms with E-state index >= 15 is 0 Å². The fourth-order valence-electron chi connectivity index (χ4n) is 2.92. The van der Waals surface area contributed by atoms with E-state index in [-0.39, 0.29) is 11.4 Å². The molecule has 0 aromatic rings. The Kier molecular flexibility index (Phi) is 4.07. The van der Waals surface area contributed by atoms with E-state index in [1.54, 1.807) is 16.7 Å². The van der Waals surface area contributed by atoms with Crippen LogP contribution in [0.5, 0.6) is 0 Å². The van der Waals surface area contributed by atoms with E-state index in [9.17, 15) is 14.7 Å². The van der Waals surface area contributed by atoms with E-state index in [1.807, 2.05) is 5.01 Å². The number of rotatable bonds is 3. The standard InChI is InChI=1S/C13H21N3O3S/c17-12(18)10-8-20-11(9-4-5-9)16(10)13(19)14-15-6-2-1-3-7-15/h9-11H,1-8H2,(H,14,19)(H,17,18). The van der Waals surface area contributed by atoms with E-state index in [4.69, 9.17) is 0 Å². The molecule has 2 heterocycles. The number of carboxylic acid groups (broad SMARTS) is 1. The third kappa shape index (κ3) is 2.88. The first-order chi connectivity index (χ1) is 9.66. The van der Waals surface area contributed by atoms with E-state index in [2.05, 4.69) is 5.43 Å². The van der Waals surface area contributed by atoms with Crippen LogP contribution in [0.15, 0.2) is 0 Å². The third-order valence-electron chi connectivity index (χ3n) is 4.19. The van der Waals surface area contributed by atoms with Gasteiger partial charge >= 0.3 is 12.0 Å². The third-order valence-corrected chi connectivity index (χ3v) is 5.65. The van der Waals surface area contributed by atoms with E-state index in [1.165, 1.54) is 6.42 Å². The van der Waals surface area contributed by atoms with Crippen molar-refractivity contribution < 1.29 is 14.7 Å². The van der Waals surface area contributed by atoms with Gasteiger partial charge in [-0.25, -0.2) is 14.6 Å². The summed E-state index contributed by atoms with van der Waals surface area (Å²) in [6.45, 7) is 1.72. The van der Waals surface area contributed by atoms with E-state index in [0.29, 0.717) is 11.7 Å². The molecule has 112 valence electrons. The minimum Gasteiger partial charge on any atom is -0.480 e. The number of aliphatic carboxylic acids is 1. The van der Waals surface area contributed by atoms with Gasteiger partial charge < -0.3 is 5.11 Å². The Hall–Kier alpha value is -0.950. The van der Waals surface area contributed by atoms with Gasteiger partial charge in [-0.15, -0.1) is 11.8 Å². The van der Waals surface area contributed by atoms with Gasteiger partial charge in [0.05, 0.1) is 5.37 Å². The van der Waals surface area contributed by atoms with Gasteiger partial charge in [-0.3, -0.25) is 10.3 Å². The van der Waals surface area contributed by atoms with Gasteiger partial charge in [0.2, 0.25) is 0 Å². The highest BCUT2D eigenvalue weighted by molar-refractivity contribution is 8.00. The van der Waals surface area contributed by atoms with Gasteiger partial charge in [-0.1, -0.05) is 6.42 Å². The Morgan fingerprint density at radius 2 is 1.85 bits per heavy atom. The molecule has 3 aliphatic rings. The molecule has 20 heavy (non-hydrogen) atoms. The Morgan fingerprint density at radius 1 is 1.15 bits per heavy atom. The summed E-state index contributed by atoms with van der Waals surface area (Å²) >= 11 is 1.61. The average molecular weight is 299 g/mol. The van der Waals surface area contributed by atoms with Crippen LogP contribution < -0.4 is 5.43 Å². The molecule has 2 atom stereocenters. The molecule has 2 amide bonds. The van der Waals surface area contributed by atoms with Crippen LogP contribution in [0, 0.1) is 5.92 Å². The molecule has 3 fully saturated rings. The minimum absolute atomic E-state index is 0.0425. The summed E-state index contributed by atoms with van der Waals surface area (Å²) in [5.74, 6) is 0.0927. The molecule has 0 spiro atoms. The second kappa shape index (κ2) is 5.81. The number of carbonyl (C=O) groups excluding carboxylic acids is 1. The maximum Gasteiger partial charge on any atom is 0.333 e. The van der Waals surface area contributed by atoms with Gasteiger partial charge in [0.1, 0.15) is 6.04 Å². The van der Waals surface area contributed by atoms with Crippen molar-refractivity contribution >= 4 is 23.8 Å². The molecule has 7 heteroatoms. The Labute approximate surface area is 122 Å². The van der Waals surface area contributed by atoms with Crippen LogP contribution in [-0.2, 0) is 4.79 Å². The van der Waals surface area contributed by atoms with Crippen LogP contribution in [0.2, 0.25) is 0 Å². The summed E-state index contributed by atoms with van der Waals surface area (Å²) in [5.41, 5.74) is 2.90. The molecule has 0 aromatic carbocycles. The Bertz CT molecular complexity index is 396. The molecule has 2 N–H and O–H groups in total. The van der Waals surface area contributed by atoms with Crippen LogP contribution in [0.3, 0.4) is 0 Å². The van der Waals surface area contributed by atoms with Crippen LogP contribution in [0.4, 0.5) is 4.79 Å². The number of nitrogens with zero attached hydrogens (tertiary/aromatic N) is 2. The highest BCUT2D eigenvalue weighted by atomic mass is 32.2. The second-order valence-corrected chi connectivity index (χ2v) is 6.94. The highest BCUT2D eigenvalue weighted by Gasteiger charge is 2.48. The normalized spacial score (nSPS) is 31.3. The predicted octanol–water partition coefficient (Wildman–Crippen LogP) is 1.33. The fraction of sp³-hybridized carbons (Fsp3) is 0.846. The number of hydrogen-bond acceptors (Lipinski definition) is 4. The Morgan fingerprint density at radius 3 is 2.45 bits per heavy atom. The summed E-state index contributed by atoms with van der Waals surface area (Å²) < 4.78 is 0. The van der Waals surface area contributed by atoms with Crippen LogP contribution in [0.25, 0.3) is 0 Å². The lowest BCUT2D eigenvalue weighted by Gasteiger charge is -2.32. The van der Waals surface area contributed by atoms with Gasteiger partial charge in [-0.2, -0.15) is 0 Å². The van der Waals surface area contributed by atoms with Gasteiger partial charge in [-0.05, 0) is 31.6 Å². The van der Waals surface area contributed by atoms with Gasteiger partial charge in [0, 0.05) is 18.8 Å². The zero-order chi connectivity index (χ0) is 14.1. The zero-order valence-electron chi connectivity index (χ0n) is 11.5. The van der Waals surface area contributed by atoms with Gasteiger partial charge in [0.25, 0.3) is 0 Å². The van der Waals surface area contributed by atoms with Crippen LogP contribution >= 0.6 is 11.8 Å². The molecule has 1 saturated carbocycles. The number of hydrazine groups is 1. The predicted molar refractivity (Wildman–Crippen MR) is 76.2 cm³/mol. The molecule has 0 radical (unpaired) electrons. The maximum absolute atomic E-state index is 12.5. The largest absolute Gasteiger partial charge is 0.480 e. The van der Waals surface area contributed by atoms with Crippen molar-refractivity contribution in [1.82, 2.24) is 15.3 Å². The number of amides is 2. The summed E-state index contributed by atoms with van der Waals surface area (Å²) in [7, 11) is 0. The molecular weight excluding hydrogens is 278 g/mol. The van der Waals surface area contributed by atoms with E-state index in [0.717, 1.165) is 38.8 Å². The van der Waals surface area contributed by atoms with E-state index < -0.39 is 12.0 Å². The summed E-state index contributed by atoms with van der Waals surface area (Å²) in [6, 6.07) is -0.920. The Balaban J connectivity index is 1.66. The van der Waals surface area contributed by atoms with Crippen molar-refractivity contribution in [3.05, 3.63) is 0 Å². The summed E-state index contributed by atoms with van der Waals surface area (Å²) in [4.78, 5) is 25.4. The number of piperidine rings is 1. The van der Waals surface area contributed by atoms with Crippen molar-refractivity contribution in [2.24, 2.45) is 5.92 Å². The number of urea groups is 1. The van der Waals surface area contributed by atoms with Crippen molar-refractivity contribution in [2.75, 3.05) is 18.8 Å². The van der Waals surface area contributed by atoms with Crippen molar-refractivity contribution in [3.63, 3.8) is 0 Å². The first-order valence-corrected chi connectivity index (χ1v) is 8.40.